The number of rotatable bonds is 0. The lowest BCUT2D eigenvalue weighted by molar-refractivity contribution is 1.26. The van der Waals surface area contributed by atoms with Crippen LogP contribution in [0.1, 0.15) is 11.1 Å². The maximum absolute atomic E-state index is 5.23. The second-order valence-electron chi connectivity index (χ2n) is 2.20. The minimum Gasteiger partial charge on any atom is -0.320 e. The molecule has 72 valence electrons. The summed E-state index contributed by atoms with van der Waals surface area (Å²) in [7, 11) is 0. The van der Waals surface area contributed by atoms with E-state index in [0.717, 1.165) is 11.1 Å². The number of aromatic nitrogens is 1. The third-order valence-corrected chi connectivity index (χ3v) is 1.36. The van der Waals surface area contributed by atoms with Crippen molar-refractivity contribution in [3.8, 4) is 11.8 Å². The summed E-state index contributed by atoms with van der Waals surface area (Å²) in [6, 6.07) is 1.93. The van der Waals surface area contributed by atoms with Crippen molar-refractivity contribution in [3.05, 3.63) is 29.6 Å². The Balaban J connectivity index is 0. The molecule has 1 heterocycles. The molecule has 13 heavy (non-hydrogen) atoms. The van der Waals surface area contributed by atoms with Crippen molar-refractivity contribution < 1.29 is 0 Å². The van der Waals surface area contributed by atoms with E-state index in [-0.39, 0.29) is 24.8 Å². The summed E-state index contributed by atoms with van der Waals surface area (Å²) in [5.41, 5.74) is 7.33. The molecule has 1 aromatic rings. The van der Waals surface area contributed by atoms with Crippen LogP contribution in [0.25, 0.3) is 0 Å². The normalized spacial score (nSPS) is 7.23. The van der Waals surface area contributed by atoms with Gasteiger partial charge in [0.1, 0.15) is 0 Å². The lowest BCUT2D eigenvalue weighted by atomic mass is 10.2. The first-order valence-electron chi connectivity index (χ1n) is 3.44. The molecule has 0 radical (unpaired) electrons. The largest absolute Gasteiger partial charge is 0.320 e. The Morgan fingerprint density at radius 3 is 2.69 bits per heavy atom. The zero-order valence-corrected chi connectivity index (χ0v) is 8.91. The molecule has 2 N–H and O–H groups in total. The van der Waals surface area contributed by atoms with Gasteiger partial charge in [-0.3, -0.25) is 4.98 Å². The second-order valence-corrected chi connectivity index (χ2v) is 2.20. The smallest absolute Gasteiger partial charge is 0.0555 e. The van der Waals surface area contributed by atoms with Crippen LogP contribution < -0.4 is 5.73 Å². The number of nitrogens with zero attached hydrogens (tertiary/aromatic N) is 1. The van der Waals surface area contributed by atoms with Crippen molar-refractivity contribution in [2.45, 2.75) is 6.92 Å². The summed E-state index contributed by atoms with van der Waals surface area (Å²) in [5.74, 6) is 5.72. The Morgan fingerprint density at radius 2 is 2.15 bits per heavy atom. The van der Waals surface area contributed by atoms with Crippen LogP contribution in [-0.4, -0.2) is 11.5 Å². The van der Waals surface area contributed by atoms with Crippen LogP contribution in [0.4, 0.5) is 0 Å². The van der Waals surface area contributed by atoms with Gasteiger partial charge in [0, 0.05) is 18.0 Å². The molecule has 0 aromatic carbocycles. The number of nitrogens with two attached hydrogens (primary N) is 1. The fourth-order valence-electron chi connectivity index (χ4n) is 0.741. The van der Waals surface area contributed by atoms with Gasteiger partial charge >= 0.3 is 0 Å². The number of pyridine rings is 1. The Kier molecular flexibility index (Phi) is 8.94. The first-order valence-corrected chi connectivity index (χ1v) is 3.44. The zero-order chi connectivity index (χ0) is 8.10. The molecule has 0 saturated carbocycles. The lowest BCUT2D eigenvalue weighted by Crippen LogP contribution is -1.93. The Labute approximate surface area is 90.8 Å². The van der Waals surface area contributed by atoms with E-state index in [1.54, 1.807) is 12.4 Å². The molecule has 0 aliphatic rings. The fourth-order valence-corrected chi connectivity index (χ4v) is 0.741. The average molecular weight is 219 g/mol. The van der Waals surface area contributed by atoms with Gasteiger partial charge in [-0.1, -0.05) is 11.8 Å². The molecule has 0 amide bonds. The van der Waals surface area contributed by atoms with Gasteiger partial charge in [0.05, 0.1) is 6.54 Å². The van der Waals surface area contributed by atoms with E-state index in [1.807, 2.05) is 13.0 Å². The first kappa shape index (κ1) is 14.8. The van der Waals surface area contributed by atoms with Gasteiger partial charge < -0.3 is 5.73 Å². The highest BCUT2D eigenvalue weighted by Crippen LogP contribution is 2.01. The standard InChI is InChI=1S/C9H10N2.2ClH/c1-8-4-6-11-7-9(8)3-2-5-10;;/h4,6-7H,5,10H2,1H3;2*1H. The van der Waals surface area contributed by atoms with E-state index in [4.69, 9.17) is 5.73 Å². The molecule has 1 aromatic heterocycles. The average Bonchev–Trinajstić information content (AvgIpc) is 2.03. The maximum atomic E-state index is 5.23. The highest BCUT2D eigenvalue weighted by molar-refractivity contribution is 5.85. The maximum Gasteiger partial charge on any atom is 0.0555 e. The van der Waals surface area contributed by atoms with Gasteiger partial charge in [0.15, 0.2) is 0 Å². The van der Waals surface area contributed by atoms with Crippen molar-refractivity contribution in [3.63, 3.8) is 0 Å². The van der Waals surface area contributed by atoms with E-state index in [0.29, 0.717) is 6.54 Å². The lowest BCUT2D eigenvalue weighted by Gasteiger charge is -1.93. The van der Waals surface area contributed by atoms with Crippen molar-refractivity contribution in [1.82, 2.24) is 4.98 Å². The van der Waals surface area contributed by atoms with Crippen LogP contribution >= 0.6 is 24.8 Å². The molecule has 0 fully saturated rings. The summed E-state index contributed by atoms with van der Waals surface area (Å²) < 4.78 is 0. The van der Waals surface area contributed by atoms with Gasteiger partial charge in [-0.25, -0.2) is 0 Å². The second kappa shape index (κ2) is 7.88. The molecule has 0 spiro atoms. The molecule has 4 heteroatoms. The zero-order valence-electron chi connectivity index (χ0n) is 7.28. The molecule has 0 unspecified atom stereocenters. The highest BCUT2D eigenvalue weighted by atomic mass is 35.5. The summed E-state index contributed by atoms with van der Waals surface area (Å²) in [6.07, 6.45) is 3.50. The Morgan fingerprint density at radius 1 is 1.46 bits per heavy atom. The van der Waals surface area contributed by atoms with Gasteiger partial charge in [-0.2, -0.15) is 0 Å². The third-order valence-electron chi connectivity index (χ3n) is 1.36. The highest BCUT2D eigenvalue weighted by Gasteiger charge is 1.89. The quantitative estimate of drug-likeness (QED) is 0.672. The molecular formula is C9H12Cl2N2. The topological polar surface area (TPSA) is 38.9 Å². The number of aryl methyl sites for hydroxylation is 1. The molecule has 0 aliphatic carbocycles. The first-order chi connectivity index (χ1) is 5.34. The molecule has 0 aliphatic heterocycles. The van der Waals surface area contributed by atoms with Gasteiger partial charge in [-0.05, 0) is 18.6 Å². The van der Waals surface area contributed by atoms with Crippen LogP contribution in [0.3, 0.4) is 0 Å². The summed E-state index contributed by atoms with van der Waals surface area (Å²) >= 11 is 0. The van der Waals surface area contributed by atoms with Gasteiger partial charge in [0.25, 0.3) is 0 Å². The molecule has 0 bridgehead atoms. The van der Waals surface area contributed by atoms with Crippen molar-refractivity contribution >= 4 is 24.8 Å². The predicted molar refractivity (Wildman–Crippen MR) is 59.4 cm³/mol. The van der Waals surface area contributed by atoms with E-state index in [9.17, 15) is 0 Å². The minimum atomic E-state index is 0. The van der Waals surface area contributed by atoms with E-state index < -0.39 is 0 Å². The summed E-state index contributed by atoms with van der Waals surface area (Å²) in [4.78, 5) is 3.96. The predicted octanol–water partition coefficient (Wildman–Crippen LogP) is 1.54. The van der Waals surface area contributed by atoms with Crippen LogP contribution in [0, 0.1) is 18.8 Å². The number of halogens is 2. The molecule has 0 saturated heterocycles. The fraction of sp³-hybridized carbons (Fsp3) is 0.222. The Bertz CT molecular complexity index is 302. The Hall–Kier alpha value is -0.750. The monoisotopic (exact) mass is 218 g/mol. The molecular weight excluding hydrogens is 207 g/mol. The van der Waals surface area contributed by atoms with Crippen LogP contribution in [0.2, 0.25) is 0 Å². The van der Waals surface area contributed by atoms with Gasteiger partial charge in [0.2, 0.25) is 0 Å². The van der Waals surface area contributed by atoms with E-state index in [1.165, 1.54) is 0 Å². The molecule has 1 rings (SSSR count). The van der Waals surface area contributed by atoms with Crippen LogP contribution in [0.15, 0.2) is 18.5 Å². The van der Waals surface area contributed by atoms with Crippen molar-refractivity contribution in [2.24, 2.45) is 5.73 Å². The third kappa shape index (κ3) is 4.74. The number of hydrogen-bond donors (Lipinski definition) is 1. The molecule has 0 atom stereocenters. The van der Waals surface area contributed by atoms with Crippen LogP contribution in [0.5, 0.6) is 0 Å². The molecule has 2 nitrogen and oxygen atoms in total. The summed E-state index contributed by atoms with van der Waals surface area (Å²) in [6.45, 7) is 2.40. The van der Waals surface area contributed by atoms with Crippen molar-refractivity contribution in [1.29, 1.82) is 0 Å². The minimum absolute atomic E-state index is 0. The van der Waals surface area contributed by atoms with E-state index >= 15 is 0 Å². The SMILES string of the molecule is Cc1ccncc1C#CCN.Cl.Cl. The summed E-state index contributed by atoms with van der Waals surface area (Å²) in [5, 5.41) is 0. The van der Waals surface area contributed by atoms with Crippen molar-refractivity contribution in [2.75, 3.05) is 6.54 Å². The van der Waals surface area contributed by atoms with E-state index in [2.05, 4.69) is 16.8 Å². The number of hydrogen-bond acceptors (Lipinski definition) is 2. The van der Waals surface area contributed by atoms with Gasteiger partial charge in [-0.15, -0.1) is 24.8 Å². The van der Waals surface area contributed by atoms with Crippen LogP contribution in [-0.2, 0) is 0 Å².